The molecule has 0 spiro atoms. The maximum atomic E-state index is 11.9. The monoisotopic (exact) mass is 224 g/mol. The number of nitrogens with zero attached hydrogens (tertiary/aromatic N) is 2. The molecule has 1 aliphatic heterocycles. The van der Waals surface area contributed by atoms with E-state index >= 15 is 0 Å². The highest BCUT2D eigenvalue weighted by molar-refractivity contribution is 6.13. The average molecular weight is 224 g/mol. The summed E-state index contributed by atoms with van der Waals surface area (Å²) < 4.78 is 4.83. The summed E-state index contributed by atoms with van der Waals surface area (Å²) in [6, 6.07) is 0.183. The fourth-order valence-corrected chi connectivity index (χ4v) is 2.22. The smallest absolute Gasteiger partial charge is 0.324 e. The van der Waals surface area contributed by atoms with Crippen LogP contribution in [-0.2, 0) is 14.3 Å². The second kappa shape index (κ2) is 4.63. The number of hydrazone groups is 1. The van der Waals surface area contributed by atoms with Crippen molar-refractivity contribution in [1.29, 1.82) is 0 Å². The predicted molar refractivity (Wildman–Crippen MR) is 57.7 cm³/mol. The van der Waals surface area contributed by atoms with Crippen molar-refractivity contribution in [3.05, 3.63) is 0 Å². The maximum absolute atomic E-state index is 11.9. The molecular weight excluding hydrogens is 208 g/mol. The Balaban J connectivity index is 1.99. The average Bonchev–Trinajstić information content (AvgIpc) is 2.86. The van der Waals surface area contributed by atoms with E-state index in [1.165, 1.54) is 11.2 Å². The summed E-state index contributed by atoms with van der Waals surface area (Å²) in [5, 5.41) is 5.51. The Morgan fingerprint density at radius 1 is 1.56 bits per heavy atom. The van der Waals surface area contributed by atoms with Crippen LogP contribution >= 0.6 is 0 Å². The lowest BCUT2D eigenvalue weighted by Crippen LogP contribution is -2.37. The molecule has 1 heterocycles. The molecule has 0 aromatic heterocycles. The van der Waals surface area contributed by atoms with Crippen LogP contribution in [0.25, 0.3) is 0 Å². The predicted octanol–water partition coefficient (Wildman–Crippen LogP) is 0.936. The van der Waals surface area contributed by atoms with Gasteiger partial charge in [-0.2, -0.15) is 5.10 Å². The van der Waals surface area contributed by atoms with Crippen molar-refractivity contribution in [2.45, 2.75) is 38.6 Å². The number of hydrogen-bond acceptors (Lipinski definition) is 4. The van der Waals surface area contributed by atoms with Gasteiger partial charge in [0, 0.05) is 6.21 Å². The van der Waals surface area contributed by atoms with Gasteiger partial charge in [0.15, 0.2) is 5.92 Å². The van der Waals surface area contributed by atoms with Gasteiger partial charge >= 0.3 is 5.97 Å². The van der Waals surface area contributed by atoms with Gasteiger partial charge in [-0.3, -0.25) is 9.59 Å². The molecule has 5 heteroatoms. The standard InChI is InChI=1S/C11H16N2O3/c1-2-16-11(15)9-7-12-13(10(9)14)8-5-3-4-6-8/h7-9H,2-6H2,1H3. The van der Waals surface area contributed by atoms with E-state index in [2.05, 4.69) is 5.10 Å². The van der Waals surface area contributed by atoms with Crippen LogP contribution in [0.3, 0.4) is 0 Å². The maximum Gasteiger partial charge on any atom is 0.324 e. The third-order valence-corrected chi connectivity index (χ3v) is 3.04. The number of hydrogen-bond donors (Lipinski definition) is 0. The molecular formula is C11H16N2O3. The normalized spacial score (nSPS) is 25.4. The van der Waals surface area contributed by atoms with Gasteiger partial charge in [0.2, 0.25) is 0 Å². The van der Waals surface area contributed by atoms with Gasteiger partial charge < -0.3 is 4.74 Å². The number of amides is 1. The minimum atomic E-state index is -0.819. The molecule has 88 valence electrons. The molecule has 0 saturated heterocycles. The third-order valence-electron chi connectivity index (χ3n) is 3.04. The summed E-state index contributed by atoms with van der Waals surface area (Å²) in [6.07, 6.45) is 5.64. The first-order valence-corrected chi connectivity index (χ1v) is 5.78. The van der Waals surface area contributed by atoms with Crippen molar-refractivity contribution >= 4 is 18.1 Å². The van der Waals surface area contributed by atoms with E-state index in [0.717, 1.165) is 25.7 Å². The topological polar surface area (TPSA) is 59.0 Å². The second-order valence-corrected chi connectivity index (χ2v) is 4.12. The summed E-state index contributed by atoms with van der Waals surface area (Å²) in [4.78, 5) is 23.4. The fraction of sp³-hybridized carbons (Fsp3) is 0.727. The molecule has 0 N–H and O–H groups in total. The molecule has 1 aliphatic carbocycles. The summed E-state index contributed by atoms with van der Waals surface area (Å²) in [7, 11) is 0. The second-order valence-electron chi connectivity index (χ2n) is 4.12. The van der Waals surface area contributed by atoms with Crippen LogP contribution in [0.15, 0.2) is 5.10 Å². The first-order valence-electron chi connectivity index (χ1n) is 5.78. The first-order chi connectivity index (χ1) is 7.74. The summed E-state index contributed by atoms with van der Waals surface area (Å²) in [5.74, 6) is -1.54. The van der Waals surface area contributed by atoms with Gasteiger partial charge in [-0.25, -0.2) is 5.01 Å². The molecule has 0 aromatic carbocycles. The zero-order chi connectivity index (χ0) is 11.5. The number of carbonyl (C=O) groups is 2. The highest BCUT2D eigenvalue weighted by Crippen LogP contribution is 2.27. The lowest BCUT2D eigenvalue weighted by atomic mass is 10.1. The van der Waals surface area contributed by atoms with Crippen LogP contribution in [0.2, 0.25) is 0 Å². The quantitative estimate of drug-likeness (QED) is 0.529. The number of ether oxygens (including phenoxy) is 1. The van der Waals surface area contributed by atoms with Crippen LogP contribution in [0.1, 0.15) is 32.6 Å². The van der Waals surface area contributed by atoms with Gasteiger partial charge in [-0.05, 0) is 19.8 Å². The summed E-state index contributed by atoms with van der Waals surface area (Å²) in [6.45, 7) is 2.02. The van der Waals surface area contributed by atoms with Crippen molar-refractivity contribution in [2.24, 2.45) is 11.0 Å². The van der Waals surface area contributed by atoms with Gasteiger partial charge in [-0.1, -0.05) is 12.8 Å². The van der Waals surface area contributed by atoms with E-state index in [9.17, 15) is 9.59 Å². The Labute approximate surface area is 94.4 Å². The SMILES string of the molecule is CCOC(=O)C1C=NN(C2CCCC2)C1=O. The molecule has 1 saturated carbocycles. The highest BCUT2D eigenvalue weighted by Gasteiger charge is 2.39. The van der Waals surface area contributed by atoms with Crippen molar-refractivity contribution < 1.29 is 14.3 Å². The molecule has 16 heavy (non-hydrogen) atoms. The van der Waals surface area contributed by atoms with Crippen LogP contribution in [0.4, 0.5) is 0 Å². The Morgan fingerprint density at radius 3 is 2.88 bits per heavy atom. The van der Waals surface area contributed by atoms with Crippen molar-refractivity contribution in [3.8, 4) is 0 Å². The molecule has 5 nitrogen and oxygen atoms in total. The van der Waals surface area contributed by atoms with E-state index in [4.69, 9.17) is 4.74 Å². The molecule has 1 atom stereocenters. The van der Waals surface area contributed by atoms with Crippen molar-refractivity contribution in [3.63, 3.8) is 0 Å². The Hall–Kier alpha value is -1.39. The number of esters is 1. The summed E-state index contributed by atoms with van der Waals surface area (Å²) >= 11 is 0. The van der Waals surface area contributed by atoms with Crippen molar-refractivity contribution in [2.75, 3.05) is 6.61 Å². The van der Waals surface area contributed by atoms with Crippen LogP contribution in [0.5, 0.6) is 0 Å². The molecule has 1 fully saturated rings. The van der Waals surface area contributed by atoms with Gasteiger partial charge in [0.1, 0.15) is 0 Å². The minimum Gasteiger partial charge on any atom is -0.465 e. The molecule has 1 amide bonds. The van der Waals surface area contributed by atoms with E-state index in [-0.39, 0.29) is 11.9 Å². The van der Waals surface area contributed by atoms with Gasteiger partial charge in [0.25, 0.3) is 5.91 Å². The first kappa shape index (κ1) is 11.1. The molecule has 0 radical (unpaired) electrons. The minimum absolute atomic E-state index is 0.183. The van der Waals surface area contributed by atoms with Gasteiger partial charge in [-0.15, -0.1) is 0 Å². The highest BCUT2D eigenvalue weighted by atomic mass is 16.5. The lowest BCUT2D eigenvalue weighted by molar-refractivity contribution is -0.151. The molecule has 2 aliphatic rings. The van der Waals surface area contributed by atoms with Gasteiger partial charge in [0.05, 0.1) is 12.6 Å². The van der Waals surface area contributed by atoms with E-state index in [0.29, 0.717) is 6.61 Å². The summed E-state index contributed by atoms with van der Waals surface area (Å²) in [5.41, 5.74) is 0. The zero-order valence-corrected chi connectivity index (χ0v) is 9.39. The Kier molecular flexibility index (Phi) is 3.22. The fourth-order valence-electron chi connectivity index (χ4n) is 2.22. The Morgan fingerprint density at radius 2 is 2.25 bits per heavy atom. The lowest BCUT2D eigenvalue weighted by Gasteiger charge is -2.20. The molecule has 1 unspecified atom stereocenters. The zero-order valence-electron chi connectivity index (χ0n) is 9.39. The number of rotatable bonds is 3. The Bertz CT molecular complexity index is 321. The van der Waals surface area contributed by atoms with E-state index in [1.807, 2.05) is 0 Å². The van der Waals surface area contributed by atoms with Crippen LogP contribution < -0.4 is 0 Å². The van der Waals surface area contributed by atoms with Crippen LogP contribution in [0, 0.1) is 5.92 Å². The van der Waals surface area contributed by atoms with E-state index < -0.39 is 11.9 Å². The van der Waals surface area contributed by atoms with Crippen molar-refractivity contribution in [1.82, 2.24) is 5.01 Å². The third kappa shape index (κ3) is 1.94. The molecule has 0 bridgehead atoms. The van der Waals surface area contributed by atoms with Crippen LogP contribution in [-0.4, -0.2) is 35.7 Å². The molecule has 2 rings (SSSR count). The largest absolute Gasteiger partial charge is 0.465 e. The van der Waals surface area contributed by atoms with E-state index in [1.54, 1.807) is 6.92 Å². The number of carbonyl (C=O) groups excluding carboxylic acids is 2. The molecule has 0 aromatic rings.